The largest absolute Gasteiger partial charge is 0.466 e. The van der Waals surface area contributed by atoms with E-state index in [-0.39, 0.29) is 36.0 Å². The van der Waals surface area contributed by atoms with Crippen molar-refractivity contribution in [3.63, 3.8) is 0 Å². The number of esters is 1. The zero-order valence-corrected chi connectivity index (χ0v) is 20.7. The molecule has 36 heavy (non-hydrogen) atoms. The number of piperidine rings is 1. The van der Waals surface area contributed by atoms with E-state index in [1.807, 2.05) is 47.4 Å². The first-order valence-electron chi connectivity index (χ1n) is 12.9. The molecule has 3 unspecified atom stereocenters. The summed E-state index contributed by atoms with van der Waals surface area (Å²) >= 11 is 0. The molecule has 3 atom stereocenters. The Labute approximate surface area is 211 Å². The monoisotopic (exact) mass is 491 g/mol. The second kappa shape index (κ2) is 10.7. The Morgan fingerprint density at radius 2 is 1.97 bits per heavy atom. The summed E-state index contributed by atoms with van der Waals surface area (Å²) in [6.07, 6.45) is 3.15. The van der Waals surface area contributed by atoms with Gasteiger partial charge >= 0.3 is 5.97 Å². The highest BCUT2D eigenvalue weighted by molar-refractivity contribution is 6.00. The van der Waals surface area contributed by atoms with E-state index in [9.17, 15) is 14.4 Å². The molecule has 3 heterocycles. The van der Waals surface area contributed by atoms with Gasteiger partial charge in [0.15, 0.2) is 0 Å². The average Bonchev–Trinajstić information content (AvgIpc) is 3.52. The number of amides is 2. The van der Waals surface area contributed by atoms with Crippen molar-refractivity contribution >= 4 is 23.5 Å². The molecule has 2 fully saturated rings. The van der Waals surface area contributed by atoms with Crippen molar-refractivity contribution < 1.29 is 23.9 Å². The number of likely N-dealkylation sites (tertiary alicyclic amines) is 1. The number of carbonyl (C=O) groups is 3. The molecule has 2 aromatic rings. The maximum Gasteiger partial charge on any atom is 0.310 e. The maximum absolute atomic E-state index is 13.3. The van der Waals surface area contributed by atoms with Gasteiger partial charge in [-0.2, -0.15) is 0 Å². The van der Waals surface area contributed by atoms with Crippen LogP contribution in [-0.2, 0) is 14.3 Å². The van der Waals surface area contributed by atoms with Crippen molar-refractivity contribution in [2.45, 2.75) is 44.9 Å². The minimum absolute atomic E-state index is 0.0100. The second-order valence-electron chi connectivity index (χ2n) is 9.65. The highest BCUT2D eigenvalue weighted by Crippen LogP contribution is 2.35. The molecule has 0 radical (unpaired) electrons. The van der Waals surface area contributed by atoms with Crippen LogP contribution in [0.5, 0.6) is 0 Å². The fourth-order valence-electron chi connectivity index (χ4n) is 5.42. The van der Waals surface area contributed by atoms with Crippen molar-refractivity contribution in [3.8, 4) is 0 Å². The summed E-state index contributed by atoms with van der Waals surface area (Å²) < 4.78 is 11.0. The van der Waals surface area contributed by atoms with E-state index in [1.54, 1.807) is 17.9 Å². The number of hydrogen-bond donors (Lipinski definition) is 1. The zero-order chi connectivity index (χ0) is 25.1. The second-order valence-corrected chi connectivity index (χ2v) is 9.65. The van der Waals surface area contributed by atoms with Gasteiger partial charge in [-0.1, -0.05) is 24.3 Å². The van der Waals surface area contributed by atoms with Crippen LogP contribution in [0.3, 0.4) is 0 Å². The molecule has 0 spiro atoms. The van der Waals surface area contributed by atoms with E-state index >= 15 is 0 Å². The summed E-state index contributed by atoms with van der Waals surface area (Å²) in [6.45, 7) is 4.37. The standard InChI is InChI=1S/C28H33N3O5/c1-2-35-28(34)20-9-6-14-30(17-20)26(32)19-8-5-10-21(16-19)29-25-23-12-3-4-13-24(23)27(33)31(25)18-22-11-7-15-36-22/h3-5,8,10,12-13,16,20,22,25,29H,2,6-7,9,11,14-15,17-18H2,1H3. The van der Waals surface area contributed by atoms with Gasteiger partial charge in [0.2, 0.25) is 0 Å². The Balaban J connectivity index is 1.33. The van der Waals surface area contributed by atoms with Crippen molar-refractivity contribution in [1.82, 2.24) is 9.80 Å². The number of anilines is 1. The highest BCUT2D eigenvalue weighted by Gasteiger charge is 2.38. The number of ether oxygens (including phenoxy) is 2. The Bertz CT molecular complexity index is 1130. The predicted molar refractivity (Wildman–Crippen MR) is 135 cm³/mol. The molecular formula is C28H33N3O5. The van der Waals surface area contributed by atoms with E-state index in [0.29, 0.717) is 37.4 Å². The number of nitrogens with one attached hydrogen (secondary N) is 1. The Kier molecular flexibility index (Phi) is 7.23. The predicted octanol–water partition coefficient (Wildman–Crippen LogP) is 3.85. The van der Waals surface area contributed by atoms with Gasteiger partial charge in [0, 0.05) is 48.6 Å². The molecule has 5 rings (SSSR count). The first kappa shape index (κ1) is 24.3. The van der Waals surface area contributed by atoms with Gasteiger partial charge < -0.3 is 24.6 Å². The third-order valence-corrected chi connectivity index (χ3v) is 7.22. The Hall–Kier alpha value is -3.39. The summed E-state index contributed by atoms with van der Waals surface area (Å²) in [5.74, 6) is -0.631. The van der Waals surface area contributed by atoms with Gasteiger partial charge in [0.25, 0.3) is 11.8 Å². The van der Waals surface area contributed by atoms with Gasteiger partial charge in [0.1, 0.15) is 6.17 Å². The quantitative estimate of drug-likeness (QED) is 0.592. The van der Waals surface area contributed by atoms with Crippen LogP contribution >= 0.6 is 0 Å². The summed E-state index contributed by atoms with van der Waals surface area (Å²) in [4.78, 5) is 42.4. The van der Waals surface area contributed by atoms with Crippen LogP contribution in [0.15, 0.2) is 48.5 Å². The Morgan fingerprint density at radius 3 is 2.78 bits per heavy atom. The molecule has 0 aliphatic carbocycles. The van der Waals surface area contributed by atoms with Gasteiger partial charge in [-0.05, 0) is 56.9 Å². The molecule has 0 aromatic heterocycles. The smallest absolute Gasteiger partial charge is 0.310 e. The molecule has 190 valence electrons. The number of fused-ring (bicyclic) bond motifs is 1. The minimum Gasteiger partial charge on any atom is -0.466 e. The van der Waals surface area contributed by atoms with Crippen LogP contribution in [-0.4, -0.2) is 66.5 Å². The van der Waals surface area contributed by atoms with Crippen LogP contribution in [0.2, 0.25) is 0 Å². The van der Waals surface area contributed by atoms with Crippen LogP contribution in [0, 0.1) is 5.92 Å². The number of benzene rings is 2. The fraction of sp³-hybridized carbons (Fsp3) is 0.464. The van der Waals surface area contributed by atoms with Crippen molar-refractivity contribution in [1.29, 1.82) is 0 Å². The fourth-order valence-corrected chi connectivity index (χ4v) is 5.42. The molecule has 2 saturated heterocycles. The molecule has 1 N–H and O–H groups in total. The van der Waals surface area contributed by atoms with Crippen LogP contribution < -0.4 is 5.32 Å². The van der Waals surface area contributed by atoms with Crippen LogP contribution in [0.25, 0.3) is 0 Å². The molecule has 8 nitrogen and oxygen atoms in total. The van der Waals surface area contributed by atoms with E-state index in [0.717, 1.165) is 43.5 Å². The number of rotatable bonds is 7. The van der Waals surface area contributed by atoms with E-state index in [2.05, 4.69) is 5.32 Å². The lowest BCUT2D eigenvalue weighted by molar-refractivity contribution is -0.149. The normalized spacial score (nSPS) is 23.5. The van der Waals surface area contributed by atoms with Crippen LogP contribution in [0.1, 0.15) is 65.1 Å². The highest BCUT2D eigenvalue weighted by atomic mass is 16.5. The summed E-state index contributed by atoms with van der Waals surface area (Å²) in [7, 11) is 0. The number of carbonyl (C=O) groups excluding carboxylic acids is 3. The SMILES string of the molecule is CCOC(=O)C1CCCN(C(=O)c2cccc(NC3c4ccccc4C(=O)N3CC3CCCO3)c2)C1. The molecule has 2 aromatic carbocycles. The van der Waals surface area contributed by atoms with Crippen LogP contribution in [0.4, 0.5) is 5.69 Å². The van der Waals surface area contributed by atoms with Gasteiger partial charge in [-0.15, -0.1) is 0 Å². The third-order valence-electron chi connectivity index (χ3n) is 7.22. The van der Waals surface area contributed by atoms with E-state index in [1.165, 1.54) is 0 Å². The molecule has 0 saturated carbocycles. The summed E-state index contributed by atoms with van der Waals surface area (Å²) in [5, 5.41) is 3.50. The van der Waals surface area contributed by atoms with Crippen molar-refractivity contribution in [2.24, 2.45) is 5.92 Å². The maximum atomic E-state index is 13.3. The molecule has 8 heteroatoms. The average molecular weight is 492 g/mol. The zero-order valence-electron chi connectivity index (χ0n) is 20.7. The molecule has 2 amide bonds. The lowest BCUT2D eigenvalue weighted by Crippen LogP contribution is -2.42. The summed E-state index contributed by atoms with van der Waals surface area (Å²) in [5.41, 5.74) is 2.92. The summed E-state index contributed by atoms with van der Waals surface area (Å²) in [6, 6.07) is 15.0. The van der Waals surface area contributed by atoms with E-state index < -0.39 is 0 Å². The first-order valence-corrected chi connectivity index (χ1v) is 12.9. The molecule has 3 aliphatic rings. The van der Waals surface area contributed by atoms with Crippen molar-refractivity contribution in [2.75, 3.05) is 38.2 Å². The van der Waals surface area contributed by atoms with Crippen molar-refractivity contribution in [3.05, 3.63) is 65.2 Å². The molecule has 0 bridgehead atoms. The lowest BCUT2D eigenvalue weighted by Gasteiger charge is -2.32. The van der Waals surface area contributed by atoms with E-state index in [4.69, 9.17) is 9.47 Å². The topological polar surface area (TPSA) is 88.2 Å². The molecular weight excluding hydrogens is 458 g/mol. The van der Waals surface area contributed by atoms with Gasteiger partial charge in [-0.3, -0.25) is 14.4 Å². The van der Waals surface area contributed by atoms with Gasteiger partial charge in [-0.25, -0.2) is 0 Å². The molecule has 3 aliphatic heterocycles. The van der Waals surface area contributed by atoms with Gasteiger partial charge in [0.05, 0.1) is 18.6 Å². The first-order chi connectivity index (χ1) is 17.5. The Morgan fingerprint density at radius 1 is 1.11 bits per heavy atom. The third kappa shape index (κ3) is 4.95. The minimum atomic E-state index is -0.341. The lowest BCUT2D eigenvalue weighted by atomic mass is 9.97. The number of nitrogens with zero attached hydrogens (tertiary/aromatic N) is 2. The number of hydrogen-bond acceptors (Lipinski definition) is 6.